The zero-order valence-corrected chi connectivity index (χ0v) is 11.7. The summed E-state index contributed by atoms with van der Waals surface area (Å²) in [6.07, 6.45) is 0.659. The second kappa shape index (κ2) is 7.08. The molecule has 0 fully saturated rings. The highest BCUT2D eigenvalue weighted by molar-refractivity contribution is 5.35. The van der Waals surface area contributed by atoms with E-state index < -0.39 is 0 Å². The molecule has 0 spiro atoms. The highest BCUT2D eigenvalue weighted by Gasteiger charge is 2.16. The molecular formula is C17H21NO2. The summed E-state index contributed by atoms with van der Waals surface area (Å²) in [5.41, 5.74) is 7.10. The molecule has 0 aromatic heterocycles. The van der Waals surface area contributed by atoms with E-state index in [1.54, 1.807) is 0 Å². The fourth-order valence-corrected chi connectivity index (χ4v) is 2.31. The van der Waals surface area contributed by atoms with Gasteiger partial charge in [-0.1, -0.05) is 30.3 Å². The van der Waals surface area contributed by atoms with E-state index in [-0.39, 0.29) is 18.6 Å². The van der Waals surface area contributed by atoms with Crippen molar-refractivity contribution in [2.75, 3.05) is 6.61 Å². The Hall–Kier alpha value is -1.84. The molecule has 2 rings (SSSR count). The van der Waals surface area contributed by atoms with Gasteiger partial charge in [0, 0.05) is 18.6 Å². The van der Waals surface area contributed by atoms with E-state index in [1.165, 1.54) is 0 Å². The molecule has 20 heavy (non-hydrogen) atoms. The SMILES string of the molecule is CC(N)C(CCO)c1cccc(Oc2ccccc2)c1. The monoisotopic (exact) mass is 271 g/mol. The third-order valence-electron chi connectivity index (χ3n) is 3.34. The predicted octanol–water partition coefficient (Wildman–Crippen LogP) is 3.29. The van der Waals surface area contributed by atoms with E-state index >= 15 is 0 Å². The van der Waals surface area contributed by atoms with Crippen LogP contribution in [0.4, 0.5) is 0 Å². The van der Waals surface area contributed by atoms with Gasteiger partial charge in [0.05, 0.1) is 0 Å². The first kappa shape index (κ1) is 14.6. The van der Waals surface area contributed by atoms with Gasteiger partial charge in [0.15, 0.2) is 0 Å². The first-order valence-electron chi connectivity index (χ1n) is 6.90. The second-order valence-corrected chi connectivity index (χ2v) is 4.97. The number of hydrogen-bond acceptors (Lipinski definition) is 3. The summed E-state index contributed by atoms with van der Waals surface area (Å²) in [5.74, 6) is 1.74. The number of benzene rings is 2. The molecule has 0 aliphatic heterocycles. The maximum Gasteiger partial charge on any atom is 0.127 e. The van der Waals surface area contributed by atoms with Gasteiger partial charge >= 0.3 is 0 Å². The van der Waals surface area contributed by atoms with Crippen molar-refractivity contribution in [2.24, 2.45) is 5.73 Å². The summed E-state index contributed by atoms with van der Waals surface area (Å²) in [6.45, 7) is 2.10. The van der Waals surface area contributed by atoms with E-state index in [4.69, 9.17) is 15.6 Å². The van der Waals surface area contributed by atoms with Crippen molar-refractivity contribution in [2.45, 2.75) is 25.3 Å². The molecule has 2 unspecified atom stereocenters. The largest absolute Gasteiger partial charge is 0.457 e. The number of aliphatic hydroxyl groups excluding tert-OH is 1. The third kappa shape index (κ3) is 3.83. The number of hydrogen-bond donors (Lipinski definition) is 2. The van der Waals surface area contributed by atoms with Crippen LogP contribution in [0.3, 0.4) is 0 Å². The highest BCUT2D eigenvalue weighted by Crippen LogP contribution is 2.28. The topological polar surface area (TPSA) is 55.5 Å². The van der Waals surface area contributed by atoms with E-state index in [2.05, 4.69) is 0 Å². The molecular weight excluding hydrogens is 250 g/mol. The van der Waals surface area contributed by atoms with Gasteiger partial charge in [0.25, 0.3) is 0 Å². The number of para-hydroxylation sites is 1. The first-order valence-corrected chi connectivity index (χ1v) is 6.90. The van der Waals surface area contributed by atoms with Gasteiger partial charge < -0.3 is 15.6 Å². The smallest absolute Gasteiger partial charge is 0.127 e. The van der Waals surface area contributed by atoms with E-state index in [0.717, 1.165) is 17.1 Å². The van der Waals surface area contributed by atoms with Crippen molar-refractivity contribution in [1.82, 2.24) is 0 Å². The van der Waals surface area contributed by atoms with Crippen LogP contribution in [0.25, 0.3) is 0 Å². The van der Waals surface area contributed by atoms with Crippen LogP contribution in [0.1, 0.15) is 24.8 Å². The predicted molar refractivity (Wildman–Crippen MR) is 81.1 cm³/mol. The highest BCUT2D eigenvalue weighted by atomic mass is 16.5. The Morgan fingerprint density at radius 1 is 1.05 bits per heavy atom. The molecule has 0 heterocycles. The van der Waals surface area contributed by atoms with Crippen LogP contribution in [0.2, 0.25) is 0 Å². The zero-order chi connectivity index (χ0) is 14.4. The van der Waals surface area contributed by atoms with Crippen molar-refractivity contribution in [3.63, 3.8) is 0 Å². The minimum absolute atomic E-state index is 0.00544. The molecule has 2 atom stereocenters. The Labute approximate surface area is 120 Å². The summed E-state index contributed by atoms with van der Waals surface area (Å²) in [4.78, 5) is 0. The van der Waals surface area contributed by atoms with Gasteiger partial charge in [-0.2, -0.15) is 0 Å². The van der Waals surface area contributed by atoms with Gasteiger partial charge in [-0.25, -0.2) is 0 Å². The summed E-state index contributed by atoms with van der Waals surface area (Å²) in [6, 6.07) is 17.6. The average molecular weight is 271 g/mol. The van der Waals surface area contributed by atoms with Crippen molar-refractivity contribution in [3.8, 4) is 11.5 Å². The van der Waals surface area contributed by atoms with Gasteiger partial charge in [0.2, 0.25) is 0 Å². The zero-order valence-electron chi connectivity index (χ0n) is 11.7. The van der Waals surface area contributed by atoms with Crippen LogP contribution >= 0.6 is 0 Å². The number of rotatable bonds is 6. The van der Waals surface area contributed by atoms with E-state index in [0.29, 0.717) is 6.42 Å². The molecule has 0 radical (unpaired) electrons. The minimum Gasteiger partial charge on any atom is -0.457 e. The molecule has 106 valence electrons. The van der Waals surface area contributed by atoms with Crippen LogP contribution in [0.5, 0.6) is 11.5 Å². The van der Waals surface area contributed by atoms with Crippen LogP contribution in [-0.4, -0.2) is 17.8 Å². The van der Waals surface area contributed by atoms with Crippen molar-refractivity contribution < 1.29 is 9.84 Å². The molecule has 2 aromatic rings. The Morgan fingerprint density at radius 3 is 2.40 bits per heavy atom. The average Bonchev–Trinajstić information content (AvgIpc) is 2.46. The lowest BCUT2D eigenvalue weighted by molar-refractivity contribution is 0.269. The van der Waals surface area contributed by atoms with Crippen molar-refractivity contribution >= 4 is 0 Å². The van der Waals surface area contributed by atoms with Gasteiger partial charge in [-0.15, -0.1) is 0 Å². The van der Waals surface area contributed by atoms with Gasteiger partial charge in [0.1, 0.15) is 11.5 Å². The maximum absolute atomic E-state index is 9.16. The second-order valence-electron chi connectivity index (χ2n) is 4.97. The van der Waals surface area contributed by atoms with Crippen molar-refractivity contribution in [1.29, 1.82) is 0 Å². The maximum atomic E-state index is 9.16. The molecule has 3 N–H and O–H groups in total. The molecule has 3 nitrogen and oxygen atoms in total. The summed E-state index contributed by atoms with van der Waals surface area (Å²) >= 11 is 0. The fraction of sp³-hybridized carbons (Fsp3) is 0.294. The van der Waals surface area contributed by atoms with Gasteiger partial charge in [-0.3, -0.25) is 0 Å². The van der Waals surface area contributed by atoms with E-state index in [9.17, 15) is 0 Å². The molecule has 0 amide bonds. The van der Waals surface area contributed by atoms with E-state index in [1.807, 2.05) is 61.5 Å². The molecule has 0 aliphatic rings. The lowest BCUT2D eigenvalue weighted by atomic mass is 9.90. The minimum atomic E-state index is -0.00544. The number of ether oxygens (including phenoxy) is 1. The van der Waals surface area contributed by atoms with Crippen molar-refractivity contribution in [3.05, 3.63) is 60.2 Å². The lowest BCUT2D eigenvalue weighted by Crippen LogP contribution is -2.25. The summed E-state index contributed by atoms with van der Waals surface area (Å²) < 4.78 is 5.82. The van der Waals surface area contributed by atoms with Crippen LogP contribution in [0, 0.1) is 0 Å². The molecule has 3 heteroatoms. The summed E-state index contributed by atoms with van der Waals surface area (Å²) in [5, 5.41) is 9.16. The van der Waals surface area contributed by atoms with Crippen LogP contribution < -0.4 is 10.5 Å². The molecule has 0 saturated heterocycles. The fourth-order valence-electron chi connectivity index (χ4n) is 2.31. The van der Waals surface area contributed by atoms with Crippen LogP contribution in [-0.2, 0) is 0 Å². The molecule has 0 aliphatic carbocycles. The lowest BCUT2D eigenvalue weighted by Gasteiger charge is -2.21. The van der Waals surface area contributed by atoms with Crippen LogP contribution in [0.15, 0.2) is 54.6 Å². The first-order chi connectivity index (χ1) is 9.70. The molecule has 0 saturated carbocycles. The quantitative estimate of drug-likeness (QED) is 0.847. The third-order valence-corrected chi connectivity index (χ3v) is 3.34. The Bertz CT molecular complexity index is 526. The normalized spacial score (nSPS) is 13.8. The van der Waals surface area contributed by atoms with Gasteiger partial charge in [-0.05, 0) is 43.2 Å². The Balaban J connectivity index is 2.18. The Kier molecular flexibility index (Phi) is 5.16. The molecule has 2 aromatic carbocycles. The molecule has 0 bridgehead atoms. The number of nitrogens with two attached hydrogens (primary N) is 1. The number of aliphatic hydroxyl groups is 1. The Morgan fingerprint density at radius 2 is 1.75 bits per heavy atom. The summed E-state index contributed by atoms with van der Waals surface area (Å²) in [7, 11) is 0. The standard InChI is InChI=1S/C17H21NO2/c1-13(18)17(10-11-19)14-6-5-9-16(12-14)20-15-7-3-2-4-8-15/h2-9,12-13,17,19H,10-11,18H2,1H3.